The minimum absolute atomic E-state index is 0.0434. The van der Waals surface area contributed by atoms with Crippen LogP contribution in [0.25, 0.3) is 0 Å². The van der Waals surface area contributed by atoms with Crippen LogP contribution in [0.15, 0.2) is 58.7 Å². The van der Waals surface area contributed by atoms with Crippen LogP contribution < -0.4 is 5.73 Å². The molecule has 0 radical (unpaired) electrons. The molecule has 1 amide bonds. The fourth-order valence-corrected chi connectivity index (χ4v) is 5.94. The zero-order valence-electron chi connectivity index (χ0n) is 17.7. The second kappa shape index (κ2) is 7.41. The number of aliphatic imine (C=N–C) groups is 1. The van der Waals surface area contributed by atoms with Crippen molar-refractivity contribution < 1.29 is 9.90 Å². The maximum Gasteiger partial charge on any atom is 0.239 e. The van der Waals surface area contributed by atoms with Crippen LogP contribution in [0.3, 0.4) is 0 Å². The lowest BCUT2D eigenvalue weighted by atomic mass is 9.77. The fourth-order valence-electron chi connectivity index (χ4n) is 4.58. The second-order valence-electron chi connectivity index (χ2n) is 8.81. The molecule has 1 aliphatic carbocycles. The Hall–Kier alpha value is -2.80. The molecule has 0 saturated heterocycles. The smallest absolute Gasteiger partial charge is 0.239 e. The van der Waals surface area contributed by atoms with Gasteiger partial charge in [0.2, 0.25) is 5.91 Å². The third-order valence-corrected chi connectivity index (χ3v) is 7.98. The Morgan fingerprint density at radius 1 is 1.16 bits per heavy atom. The zero-order chi connectivity index (χ0) is 21.8. The summed E-state index contributed by atoms with van der Waals surface area (Å²) in [6.07, 6.45) is 7.86. The van der Waals surface area contributed by atoms with Crippen molar-refractivity contribution in [3.63, 3.8) is 0 Å². The Balaban J connectivity index is 1.54. The molecule has 7 heteroatoms. The number of carbonyl (C=O) groups excluding carboxylic acids is 1. The van der Waals surface area contributed by atoms with Crippen LogP contribution in [0.1, 0.15) is 54.2 Å². The van der Waals surface area contributed by atoms with Crippen molar-refractivity contribution in [3.05, 3.63) is 70.4 Å². The number of thioether (sulfide) groups is 1. The highest BCUT2D eigenvalue weighted by molar-refractivity contribution is 8.03. The molecule has 1 saturated carbocycles. The highest BCUT2D eigenvalue weighted by Crippen LogP contribution is 2.50. The number of hydrogen-bond acceptors (Lipinski definition) is 6. The first-order chi connectivity index (χ1) is 14.9. The van der Waals surface area contributed by atoms with E-state index in [1.165, 1.54) is 29.5 Å². The van der Waals surface area contributed by atoms with Gasteiger partial charge in [0.1, 0.15) is 11.3 Å². The molecule has 3 N–H and O–H groups in total. The SMILES string of the molecule is CN1C(=O)[C@@H](c2ccc(C3CC3)cc2)[C@@](C)(C2=CC(c3cncc(O)c3)CS2)N=C1N. The predicted octanol–water partition coefficient (Wildman–Crippen LogP) is 3.71. The number of hydrogen-bond donors (Lipinski definition) is 2. The zero-order valence-corrected chi connectivity index (χ0v) is 18.5. The molecule has 0 bridgehead atoms. The maximum atomic E-state index is 13.4. The Bertz CT molecular complexity index is 1090. The monoisotopic (exact) mass is 434 g/mol. The van der Waals surface area contributed by atoms with Crippen LogP contribution in [0.2, 0.25) is 0 Å². The number of allylic oxidation sites excluding steroid dienone is 1. The predicted molar refractivity (Wildman–Crippen MR) is 123 cm³/mol. The van der Waals surface area contributed by atoms with Crippen molar-refractivity contribution in [3.8, 4) is 5.75 Å². The summed E-state index contributed by atoms with van der Waals surface area (Å²) >= 11 is 1.70. The van der Waals surface area contributed by atoms with E-state index in [9.17, 15) is 9.90 Å². The van der Waals surface area contributed by atoms with Crippen molar-refractivity contribution in [2.45, 2.75) is 43.1 Å². The molecular weight excluding hydrogens is 408 g/mol. The first kappa shape index (κ1) is 20.1. The Kier molecular flexibility index (Phi) is 4.81. The third kappa shape index (κ3) is 3.51. The largest absolute Gasteiger partial charge is 0.506 e. The maximum absolute atomic E-state index is 13.4. The van der Waals surface area contributed by atoms with Gasteiger partial charge in [-0.15, -0.1) is 11.8 Å². The second-order valence-corrected chi connectivity index (χ2v) is 9.88. The molecule has 3 aliphatic rings. The van der Waals surface area contributed by atoms with Gasteiger partial charge in [0.15, 0.2) is 5.96 Å². The summed E-state index contributed by atoms with van der Waals surface area (Å²) < 4.78 is 0. The van der Waals surface area contributed by atoms with Crippen LogP contribution in [0.4, 0.5) is 0 Å². The molecule has 1 aromatic carbocycles. The van der Waals surface area contributed by atoms with E-state index < -0.39 is 11.5 Å². The first-order valence-electron chi connectivity index (χ1n) is 10.6. The van der Waals surface area contributed by atoms with Gasteiger partial charge in [-0.05, 0) is 48.4 Å². The number of aromatic nitrogens is 1. The van der Waals surface area contributed by atoms with E-state index >= 15 is 0 Å². The van der Waals surface area contributed by atoms with Gasteiger partial charge in [-0.3, -0.25) is 14.7 Å². The molecular formula is C24H26N4O2S. The summed E-state index contributed by atoms with van der Waals surface area (Å²) in [7, 11) is 1.68. The number of nitrogens with two attached hydrogens (primary N) is 1. The van der Waals surface area contributed by atoms with E-state index in [1.54, 1.807) is 31.1 Å². The molecule has 31 heavy (non-hydrogen) atoms. The van der Waals surface area contributed by atoms with Gasteiger partial charge in [-0.1, -0.05) is 30.3 Å². The van der Waals surface area contributed by atoms with E-state index in [0.29, 0.717) is 5.92 Å². The molecule has 3 heterocycles. The van der Waals surface area contributed by atoms with Crippen LogP contribution in [0, 0.1) is 0 Å². The minimum Gasteiger partial charge on any atom is -0.506 e. The average Bonchev–Trinajstić information content (AvgIpc) is 3.48. The summed E-state index contributed by atoms with van der Waals surface area (Å²) in [6.45, 7) is 2.01. The van der Waals surface area contributed by atoms with Crippen molar-refractivity contribution in [2.24, 2.45) is 10.7 Å². The van der Waals surface area contributed by atoms with Crippen LogP contribution in [-0.2, 0) is 4.79 Å². The fraction of sp³-hybridized carbons (Fsp3) is 0.375. The molecule has 6 nitrogen and oxygen atoms in total. The minimum atomic E-state index is -0.779. The summed E-state index contributed by atoms with van der Waals surface area (Å²) in [4.78, 5) is 24.9. The highest BCUT2D eigenvalue weighted by atomic mass is 32.2. The Labute approximate surface area is 186 Å². The third-order valence-electron chi connectivity index (χ3n) is 6.59. The van der Waals surface area contributed by atoms with E-state index in [1.807, 2.05) is 6.92 Å². The van der Waals surface area contributed by atoms with Gasteiger partial charge in [0.25, 0.3) is 0 Å². The molecule has 2 aromatic rings. The molecule has 5 rings (SSSR count). The summed E-state index contributed by atoms with van der Waals surface area (Å²) in [5.74, 6) is 1.48. The van der Waals surface area contributed by atoms with Crippen molar-refractivity contribution >= 4 is 23.6 Å². The number of pyridine rings is 1. The lowest BCUT2D eigenvalue weighted by Gasteiger charge is -2.41. The van der Waals surface area contributed by atoms with E-state index in [2.05, 4.69) is 35.3 Å². The van der Waals surface area contributed by atoms with Gasteiger partial charge < -0.3 is 10.8 Å². The molecule has 3 atom stereocenters. The van der Waals surface area contributed by atoms with Gasteiger partial charge in [0, 0.05) is 29.8 Å². The topological polar surface area (TPSA) is 91.8 Å². The number of likely N-dealkylation sites (N-methyl/N-ethyl adjacent to an activating group) is 1. The van der Waals surface area contributed by atoms with Gasteiger partial charge in [-0.25, -0.2) is 4.99 Å². The first-order valence-corrected chi connectivity index (χ1v) is 11.6. The average molecular weight is 435 g/mol. The Morgan fingerprint density at radius 2 is 1.87 bits per heavy atom. The van der Waals surface area contributed by atoms with Gasteiger partial charge in [-0.2, -0.15) is 0 Å². The number of guanidine groups is 1. The van der Waals surface area contributed by atoms with E-state index in [-0.39, 0.29) is 23.5 Å². The summed E-state index contributed by atoms with van der Waals surface area (Å²) in [5, 5.41) is 9.82. The molecule has 0 spiro atoms. The lowest BCUT2D eigenvalue weighted by molar-refractivity contribution is -0.129. The van der Waals surface area contributed by atoms with E-state index in [4.69, 9.17) is 10.7 Å². The molecule has 160 valence electrons. The van der Waals surface area contributed by atoms with Crippen LogP contribution in [0.5, 0.6) is 5.75 Å². The van der Waals surface area contributed by atoms with Crippen molar-refractivity contribution in [1.82, 2.24) is 9.88 Å². The number of amides is 1. The van der Waals surface area contributed by atoms with Gasteiger partial charge in [0.05, 0.1) is 12.1 Å². The standard InChI is InChI=1S/C24H26N4O2S/c1-24(20-10-18(13-31-20)17-9-19(29)12-26-11-17)21(22(30)28(2)23(25)27-24)16-7-5-15(6-8-16)14-3-4-14/h5-12,14,18,21,29H,3-4,13H2,1-2H3,(H2,25,27)/t18?,21-,24-/m1/s1. The highest BCUT2D eigenvalue weighted by Gasteiger charge is 2.49. The Morgan fingerprint density at radius 3 is 2.55 bits per heavy atom. The number of carbonyl (C=O) groups is 1. The van der Waals surface area contributed by atoms with E-state index in [0.717, 1.165) is 21.8 Å². The number of rotatable bonds is 4. The van der Waals surface area contributed by atoms with Gasteiger partial charge >= 0.3 is 0 Å². The van der Waals surface area contributed by atoms with Crippen LogP contribution in [-0.4, -0.2) is 45.2 Å². The molecule has 1 unspecified atom stereocenters. The lowest BCUT2D eigenvalue weighted by Crippen LogP contribution is -2.54. The van der Waals surface area contributed by atoms with Crippen molar-refractivity contribution in [2.75, 3.05) is 12.8 Å². The molecule has 2 aliphatic heterocycles. The quantitative estimate of drug-likeness (QED) is 0.765. The normalized spacial score (nSPS) is 28.5. The number of benzene rings is 1. The number of nitrogens with zero attached hydrogens (tertiary/aromatic N) is 3. The van der Waals surface area contributed by atoms with Crippen molar-refractivity contribution in [1.29, 1.82) is 0 Å². The summed E-state index contributed by atoms with van der Waals surface area (Å²) in [6, 6.07) is 10.2. The summed E-state index contributed by atoms with van der Waals surface area (Å²) in [5.41, 5.74) is 8.64. The number of aromatic hydroxyl groups is 1. The van der Waals surface area contributed by atoms with Crippen LogP contribution >= 0.6 is 11.8 Å². The molecule has 1 fully saturated rings. The molecule has 1 aromatic heterocycles.